The molecule has 1 N–H and O–H groups in total. The van der Waals surface area contributed by atoms with E-state index in [4.69, 9.17) is 0 Å². The Morgan fingerprint density at radius 3 is 2.56 bits per heavy atom. The van der Waals surface area contributed by atoms with E-state index in [9.17, 15) is 5.11 Å². The third-order valence-electron chi connectivity index (χ3n) is 3.18. The van der Waals surface area contributed by atoms with Gasteiger partial charge in [0.25, 0.3) is 0 Å². The van der Waals surface area contributed by atoms with Gasteiger partial charge in [0.05, 0.1) is 0 Å². The minimum atomic E-state index is 0.341. The van der Waals surface area contributed by atoms with Crippen molar-refractivity contribution in [3.63, 3.8) is 0 Å². The highest BCUT2D eigenvalue weighted by molar-refractivity contribution is 5.70. The molecule has 0 aliphatic heterocycles. The van der Waals surface area contributed by atoms with E-state index in [2.05, 4.69) is 25.0 Å². The second-order valence-corrected chi connectivity index (χ2v) is 4.52. The summed E-state index contributed by atoms with van der Waals surface area (Å²) in [5, 5.41) is 14.9. The van der Waals surface area contributed by atoms with E-state index in [1.54, 1.807) is 0 Å². The number of rotatable bonds is 4. The molecule has 0 aliphatic rings. The van der Waals surface area contributed by atoms with Gasteiger partial charge < -0.3 is 5.11 Å². The van der Waals surface area contributed by atoms with Crippen LogP contribution in [0.1, 0.15) is 31.5 Å². The van der Waals surface area contributed by atoms with Gasteiger partial charge in [0.1, 0.15) is 11.4 Å². The van der Waals surface area contributed by atoms with Crippen molar-refractivity contribution in [1.82, 2.24) is 9.78 Å². The molecule has 0 fully saturated rings. The molecule has 1 aromatic heterocycles. The van der Waals surface area contributed by atoms with Crippen molar-refractivity contribution in [3.8, 4) is 17.0 Å². The average molecular weight is 244 g/mol. The molecular formula is C15H20N2O. The Balaban J connectivity index is 2.59. The van der Waals surface area contributed by atoms with Crippen LogP contribution in [-0.2, 0) is 13.0 Å². The van der Waals surface area contributed by atoms with Gasteiger partial charge >= 0.3 is 0 Å². The van der Waals surface area contributed by atoms with E-state index >= 15 is 0 Å². The Bertz CT molecular complexity index is 543. The van der Waals surface area contributed by atoms with Gasteiger partial charge in [0.2, 0.25) is 0 Å². The Labute approximate surface area is 108 Å². The summed E-state index contributed by atoms with van der Waals surface area (Å²) in [5.74, 6) is 0.341. The number of hydrogen-bond donors (Lipinski definition) is 1. The highest BCUT2D eigenvalue weighted by Crippen LogP contribution is 2.34. The van der Waals surface area contributed by atoms with Crippen molar-refractivity contribution >= 4 is 0 Å². The third kappa shape index (κ3) is 2.13. The number of hydrogen-bond acceptors (Lipinski definition) is 2. The summed E-state index contributed by atoms with van der Waals surface area (Å²) in [6, 6.07) is 8.10. The van der Waals surface area contributed by atoms with Crippen molar-refractivity contribution in [2.45, 2.75) is 40.2 Å². The van der Waals surface area contributed by atoms with E-state index in [1.165, 1.54) is 0 Å². The quantitative estimate of drug-likeness (QED) is 0.893. The number of aromatic nitrogens is 2. The molecule has 0 saturated heterocycles. The van der Waals surface area contributed by atoms with E-state index in [0.717, 1.165) is 41.9 Å². The molecule has 0 atom stereocenters. The summed E-state index contributed by atoms with van der Waals surface area (Å²) in [7, 11) is 0. The van der Waals surface area contributed by atoms with Crippen LogP contribution >= 0.6 is 0 Å². The fourth-order valence-corrected chi connectivity index (χ4v) is 2.24. The van der Waals surface area contributed by atoms with Gasteiger partial charge in [-0.25, -0.2) is 0 Å². The van der Waals surface area contributed by atoms with Crippen LogP contribution in [0.3, 0.4) is 0 Å². The van der Waals surface area contributed by atoms with Crippen molar-refractivity contribution in [2.24, 2.45) is 0 Å². The number of aryl methyl sites for hydroxylation is 3. The van der Waals surface area contributed by atoms with Gasteiger partial charge in [-0.2, -0.15) is 5.10 Å². The molecule has 2 aromatic rings. The topological polar surface area (TPSA) is 38.0 Å². The standard InChI is InChI=1S/C15H20N2O/c1-4-8-13-15(18)14(17(5-2)16-13)12-10-7-6-9-11(12)3/h6-7,9-10,18H,4-5,8H2,1-3H3. The highest BCUT2D eigenvalue weighted by Gasteiger charge is 2.18. The summed E-state index contributed by atoms with van der Waals surface area (Å²) in [6.45, 7) is 6.96. The van der Waals surface area contributed by atoms with E-state index in [1.807, 2.05) is 29.8 Å². The molecule has 0 aliphatic carbocycles. The molecule has 1 heterocycles. The molecule has 0 amide bonds. The molecule has 2 rings (SSSR count). The second-order valence-electron chi connectivity index (χ2n) is 4.52. The Morgan fingerprint density at radius 1 is 1.22 bits per heavy atom. The predicted octanol–water partition coefficient (Wildman–Crippen LogP) is 3.54. The molecule has 0 radical (unpaired) electrons. The van der Waals surface area contributed by atoms with Gasteiger partial charge in [0.15, 0.2) is 5.75 Å². The maximum absolute atomic E-state index is 10.4. The molecule has 0 saturated carbocycles. The zero-order valence-electron chi connectivity index (χ0n) is 11.3. The normalized spacial score (nSPS) is 10.8. The van der Waals surface area contributed by atoms with E-state index in [-0.39, 0.29) is 0 Å². The number of aromatic hydroxyl groups is 1. The van der Waals surface area contributed by atoms with Crippen LogP contribution in [0.25, 0.3) is 11.3 Å². The first-order chi connectivity index (χ1) is 8.69. The van der Waals surface area contributed by atoms with Crippen molar-refractivity contribution in [1.29, 1.82) is 0 Å². The Morgan fingerprint density at radius 2 is 1.94 bits per heavy atom. The molecule has 18 heavy (non-hydrogen) atoms. The van der Waals surface area contributed by atoms with Gasteiger partial charge in [0, 0.05) is 12.1 Å². The summed E-state index contributed by atoms with van der Waals surface area (Å²) in [6.07, 6.45) is 1.80. The summed E-state index contributed by atoms with van der Waals surface area (Å²) >= 11 is 0. The van der Waals surface area contributed by atoms with Crippen LogP contribution < -0.4 is 0 Å². The monoisotopic (exact) mass is 244 g/mol. The summed E-state index contributed by atoms with van der Waals surface area (Å²) in [5.41, 5.74) is 3.87. The molecule has 1 aromatic carbocycles. The Kier molecular flexibility index (Phi) is 3.70. The van der Waals surface area contributed by atoms with Crippen LogP contribution in [0.2, 0.25) is 0 Å². The predicted molar refractivity (Wildman–Crippen MR) is 73.7 cm³/mol. The van der Waals surface area contributed by atoms with Crippen LogP contribution in [0.5, 0.6) is 5.75 Å². The first kappa shape index (κ1) is 12.7. The lowest BCUT2D eigenvalue weighted by Gasteiger charge is -2.08. The lowest BCUT2D eigenvalue weighted by molar-refractivity contribution is 0.469. The fraction of sp³-hybridized carbons (Fsp3) is 0.400. The van der Waals surface area contributed by atoms with Crippen LogP contribution in [-0.4, -0.2) is 14.9 Å². The Hall–Kier alpha value is -1.77. The largest absolute Gasteiger partial charge is 0.504 e. The van der Waals surface area contributed by atoms with Crippen LogP contribution in [0.4, 0.5) is 0 Å². The molecule has 0 unspecified atom stereocenters. The van der Waals surface area contributed by atoms with Crippen molar-refractivity contribution < 1.29 is 5.11 Å². The second kappa shape index (κ2) is 5.25. The fourth-order valence-electron chi connectivity index (χ4n) is 2.24. The van der Waals surface area contributed by atoms with Crippen molar-refractivity contribution in [3.05, 3.63) is 35.5 Å². The lowest BCUT2D eigenvalue weighted by Crippen LogP contribution is -2.00. The molecule has 3 heteroatoms. The first-order valence-corrected chi connectivity index (χ1v) is 6.53. The zero-order valence-corrected chi connectivity index (χ0v) is 11.3. The SMILES string of the molecule is CCCc1nn(CC)c(-c2ccccc2C)c1O. The van der Waals surface area contributed by atoms with Gasteiger partial charge in [-0.1, -0.05) is 37.6 Å². The molecule has 0 bridgehead atoms. The molecular weight excluding hydrogens is 224 g/mol. The molecule has 96 valence electrons. The maximum atomic E-state index is 10.4. The third-order valence-corrected chi connectivity index (χ3v) is 3.18. The lowest BCUT2D eigenvalue weighted by atomic mass is 10.0. The number of benzene rings is 1. The van der Waals surface area contributed by atoms with Gasteiger partial charge in [-0.05, 0) is 25.8 Å². The summed E-state index contributed by atoms with van der Waals surface area (Å²) < 4.78 is 1.89. The first-order valence-electron chi connectivity index (χ1n) is 6.53. The van der Waals surface area contributed by atoms with Gasteiger partial charge in [-0.15, -0.1) is 0 Å². The van der Waals surface area contributed by atoms with Crippen LogP contribution in [0, 0.1) is 6.92 Å². The highest BCUT2D eigenvalue weighted by atomic mass is 16.3. The van der Waals surface area contributed by atoms with Crippen molar-refractivity contribution in [2.75, 3.05) is 0 Å². The minimum Gasteiger partial charge on any atom is -0.504 e. The minimum absolute atomic E-state index is 0.341. The van der Waals surface area contributed by atoms with E-state index < -0.39 is 0 Å². The summed E-state index contributed by atoms with van der Waals surface area (Å²) in [4.78, 5) is 0. The average Bonchev–Trinajstić information content (AvgIpc) is 2.68. The zero-order chi connectivity index (χ0) is 13.1. The van der Waals surface area contributed by atoms with Gasteiger partial charge in [-0.3, -0.25) is 4.68 Å². The molecule has 3 nitrogen and oxygen atoms in total. The molecule has 0 spiro atoms. The number of nitrogens with zero attached hydrogens (tertiary/aromatic N) is 2. The maximum Gasteiger partial charge on any atom is 0.164 e. The van der Waals surface area contributed by atoms with Crippen LogP contribution in [0.15, 0.2) is 24.3 Å². The smallest absolute Gasteiger partial charge is 0.164 e. The van der Waals surface area contributed by atoms with E-state index in [0.29, 0.717) is 5.75 Å².